The minimum Gasteiger partial charge on any atom is -0.493 e. The maximum Gasteiger partial charge on any atom is 0.161 e. The van der Waals surface area contributed by atoms with E-state index in [0.29, 0.717) is 6.61 Å². The highest BCUT2D eigenvalue weighted by Crippen LogP contribution is 2.28. The van der Waals surface area contributed by atoms with Gasteiger partial charge in [-0.05, 0) is 44.4 Å². The fraction of sp³-hybridized carbons (Fsp3) is 0.538. The van der Waals surface area contributed by atoms with Gasteiger partial charge in [-0.25, -0.2) is 0 Å². The van der Waals surface area contributed by atoms with Gasteiger partial charge in [-0.2, -0.15) is 0 Å². The average Bonchev–Trinajstić information content (AvgIpc) is 2.28. The van der Waals surface area contributed by atoms with Crippen molar-refractivity contribution in [1.82, 2.24) is 0 Å². The molecule has 0 aromatic heterocycles. The Balaban J connectivity index is 2.74. The zero-order chi connectivity index (χ0) is 12.0. The first-order chi connectivity index (χ1) is 7.67. The van der Waals surface area contributed by atoms with Crippen LogP contribution >= 0.6 is 0 Å². The predicted molar refractivity (Wildman–Crippen MR) is 64.2 cm³/mol. The Labute approximate surface area is 97.0 Å². The highest BCUT2D eigenvalue weighted by molar-refractivity contribution is 5.43. The van der Waals surface area contributed by atoms with Crippen molar-refractivity contribution >= 4 is 0 Å². The molecule has 0 saturated heterocycles. The van der Waals surface area contributed by atoms with E-state index in [1.165, 1.54) is 0 Å². The van der Waals surface area contributed by atoms with Gasteiger partial charge in [0, 0.05) is 0 Å². The summed E-state index contributed by atoms with van der Waals surface area (Å²) < 4.78 is 10.7. The highest BCUT2D eigenvalue weighted by Gasteiger charge is 2.05. The molecule has 1 atom stereocenters. The van der Waals surface area contributed by atoms with Gasteiger partial charge in [-0.15, -0.1) is 0 Å². The van der Waals surface area contributed by atoms with E-state index >= 15 is 0 Å². The van der Waals surface area contributed by atoms with Crippen molar-refractivity contribution in [1.29, 1.82) is 0 Å². The van der Waals surface area contributed by atoms with Crippen molar-refractivity contribution in [3.63, 3.8) is 0 Å². The number of hydrogen-bond donors (Lipinski definition) is 1. The lowest BCUT2D eigenvalue weighted by atomic mass is 10.1. The number of methoxy groups -OCH3 is 1. The summed E-state index contributed by atoms with van der Waals surface area (Å²) in [6.45, 7) is 4.37. The lowest BCUT2D eigenvalue weighted by Gasteiger charge is -2.11. The summed E-state index contributed by atoms with van der Waals surface area (Å²) in [5.74, 6) is 1.52. The summed E-state index contributed by atoms with van der Waals surface area (Å²) in [4.78, 5) is 0. The number of benzene rings is 1. The molecule has 0 saturated carbocycles. The number of rotatable bonds is 6. The van der Waals surface area contributed by atoms with Crippen LogP contribution in [0.4, 0.5) is 0 Å². The molecule has 0 heterocycles. The molecule has 0 amide bonds. The Morgan fingerprint density at radius 1 is 1.31 bits per heavy atom. The lowest BCUT2D eigenvalue weighted by Crippen LogP contribution is -2.02. The van der Waals surface area contributed by atoms with Crippen molar-refractivity contribution in [2.45, 2.75) is 32.8 Å². The SMILES string of the molecule is CCOc1ccc(CCC(C)O)cc1OC. The molecule has 1 N–H and O–H groups in total. The summed E-state index contributed by atoms with van der Waals surface area (Å²) in [6.07, 6.45) is 1.34. The minimum atomic E-state index is -0.266. The third kappa shape index (κ3) is 3.74. The molecule has 0 bridgehead atoms. The van der Waals surface area contributed by atoms with Gasteiger partial charge >= 0.3 is 0 Å². The van der Waals surface area contributed by atoms with E-state index in [0.717, 1.165) is 29.9 Å². The van der Waals surface area contributed by atoms with Crippen LogP contribution in [0.25, 0.3) is 0 Å². The maximum atomic E-state index is 9.22. The first-order valence-corrected chi connectivity index (χ1v) is 5.65. The van der Waals surface area contributed by atoms with Crippen molar-refractivity contribution < 1.29 is 14.6 Å². The fourth-order valence-corrected chi connectivity index (χ4v) is 1.52. The molecule has 0 aliphatic carbocycles. The topological polar surface area (TPSA) is 38.7 Å². The highest BCUT2D eigenvalue weighted by atomic mass is 16.5. The number of ether oxygens (including phenoxy) is 2. The first-order valence-electron chi connectivity index (χ1n) is 5.65. The quantitative estimate of drug-likeness (QED) is 0.806. The number of aryl methyl sites for hydroxylation is 1. The van der Waals surface area contributed by atoms with Gasteiger partial charge < -0.3 is 14.6 Å². The van der Waals surface area contributed by atoms with Gasteiger partial charge in [0.25, 0.3) is 0 Å². The predicted octanol–water partition coefficient (Wildman–Crippen LogP) is 2.41. The van der Waals surface area contributed by atoms with Crippen molar-refractivity contribution in [2.24, 2.45) is 0 Å². The van der Waals surface area contributed by atoms with Crippen molar-refractivity contribution in [3.05, 3.63) is 23.8 Å². The molecule has 1 aromatic rings. The molecule has 1 unspecified atom stereocenters. The largest absolute Gasteiger partial charge is 0.493 e. The lowest BCUT2D eigenvalue weighted by molar-refractivity contribution is 0.185. The van der Waals surface area contributed by atoms with Gasteiger partial charge in [-0.3, -0.25) is 0 Å². The zero-order valence-corrected chi connectivity index (χ0v) is 10.2. The summed E-state index contributed by atoms with van der Waals surface area (Å²) in [5.41, 5.74) is 1.15. The molecule has 0 radical (unpaired) electrons. The smallest absolute Gasteiger partial charge is 0.161 e. The van der Waals surface area contributed by atoms with Gasteiger partial charge in [0.2, 0.25) is 0 Å². The van der Waals surface area contributed by atoms with Crippen LogP contribution in [-0.4, -0.2) is 24.9 Å². The van der Waals surface area contributed by atoms with Crippen LogP contribution in [0.5, 0.6) is 11.5 Å². The van der Waals surface area contributed by atoms with E-state index in [1.54, 1.807) is 14.0 Å². The second-order valence-corrected chi connectivity index (χ2v) is 3.81. The van der Waals surface area contributed by atoms with Crippen molar-refractivity contribution in [2.75, 3.05) is 13.7 Å². The molecule has 0 aliphatic heterocycles. The van der Waals surface area contributed by atoms with Crippen LogP contribution in [0.15, 0.2) is 18.2 Å². The summed E-state index contributed by atoms with van der Waals surface area (Å²) in [5, 5.41) is 9.22. The second kappa shape index (κ2) is 6.38. The molecule has 1 aromatic carbocycles. The van der Waals surface area contributed by atoms with Gasteiger partial charge in [0.1, 0.15) is 0 Å². The van der Waals surface area contributed by atoms with E-state index in [4.69, 9.17) is 9.47 Å². The molecule has 16 heavy (non-hydrogen) atoms. The Morgan fingerprint density at radius 3 is 2.62 bits per heavy atom. The van der Waals surface area contributed by atoms with Gasteiger partial charge in [-0.1, -0.05) is 6.07 Å². The van der Waals surface area contributed by atoms with E-state index in [1.807, 2.05) is 25.1 Å². The van der Waals surface area contributed by atoms with Crippen LogP contribution in [0.1, 0.15) is 25.8 Å². The molecular formula is C13H20O3. The van der Waals surface area contributed by atoms with Crippen LogP contribution in [0, 0.1) is 0 Å². The van der Waals surface area contributed by atoms with Gasteiger partial charge in [0.05, 0.1) is 19.8 Å². The Hall–Kier alpha value is -1.22. The fourth-order valence-electron chi connectivity index (χ4n) is 1.52. The average molecular weight is 224 g/mol. The second-order valence-electron chi connectivity index (χ2n) is 3.81. The zero-order valence-electron chi connectivity index (χ0n) is 10.2. The van der Waals surface area contributed by atoms with E-state index < -0.39 is 0 Å². The van der Waals surface area contributed by atoms with Crippen molar-refractivity contribution in [3.8, 4) is 11.5 Å². The molecule has 0 spiro atoms. The van der Waals surface area contributed by atoms with Crippen LogP contribution in [-0.2, 0) is 6.42 Å². The minimum absolute atomic E-state index is 0.266. The van der Waals surface area contributed by atoms with E-state index in [9.17, 15) is 5.11 Å². The standard InChI is InChI=1S/C13H20O3/c1-4-16-12-8-7-11(6-5-10(2)14)9-13(12)15-3/h7-10,14H,4-6H2,1-3H3. The summed E-state index contributed by atoms with van der Waals surface area (Å²) in [7, 11) is 1.64. The third-order valence-corrected chi connectivity index (χ3v) is 2.38. The maximum absolute atomic E-state index is 9.22. The molecular weight excluding hydrogens is 204 g/mol. The Bertz CT molecular complexity index is 321. The molecule has 0 aliphatic rings. The van der Waals surface area contributed by atoms with E-state index in [2.05, 4.69) is 0 Å². The number of aliphatic hydroxyl groups is 1. The molecule has 3 heteroatoms. The van der Waals surface area contributed by atoms with Crippen LogP contribution in [0.2, 0.25) is 0 Å². The molecule has 90 valence electrons. The number of hydrogen-bond acceptors (Lipinski definition) is 3. The molecule has 0 fully saturated rings. The molecule has 3 nitrogen and oxygen atoms in total. The monoisotopic (exact) mass is 224 g/mol. The Kier molecular flexibility index (Phi) is 5.12. The summed E-state index contributed by atoms with van der Waals surface area (Å²) >= 11 is 0. The van der Waals surface area contributed by atoms with Crippen LogP contribution < -0.4 is 9.47 Å². The Morgan fingerprint density at radius 2 is 2.06 bits per heavy atom. The summed E-state index contributed by atoms with van der Waals surface area (Å²) in [6, 6.07) is 5.89. The van der Waals surface area contributed by atoms with E-state index in [-0.39, 0.29) is 6.10 Å². The van der Waals surface area contributed by atoms with Crippen LogP contribution in [0.3, 0.4) is 0 Å². The molecule has 1 rings (SSSR count). The third-order valence-electron chi connectivity index (χ3n) is 2.38. The normalized spacial score (nSPS) is 12.2. The first kappa shape index (κ1) is 12.8. The van der Waals surface area contributed by atoms with Gasteiger partial charge in [0.15, 0.2) is 11.5 Å². The number of aliphatic hydroxyl groups excluding tert-OH is 1.